The van der Waals surface area contributed by atoms with Crippen molar-refractivity contribution >= 4 is 17.0 Å². The maximum atomic E-state index is 12.0. The smallest absolute Gasteiger partial charge is 0.338 e. The van der Waals surface area contributed by atoms with Crippen molar-refractivity contribution in [2.45, 2.75) is 27.0 Å². The first-order chi connectivity index (χ1) is 10.2. The molecule has 0 unspecified atom stereocenters. The van der Waals surface area contributed by atoms with E-state index in [9.17, 15) is 4.79 Å². The van der Waals surface area contributed by atoms with Crippen molar-refractivity contribution in [3.8, 4) is 0 Å². The molecule has 1 aromatic carbocycles. The summed E-state index contributed by atoms with van der Waals surface area (Å²) in [5.74, 6) is 0.252. The summed E-state index contributed by atoms with van der Waals surface area (Å²) in [6, 6.07) is 6.91. The fourth-order valence-electron chi connectivity index (χ4n) is 2.04. The first-order valence-electron chi connectivity index (χ1n) is 6.60. The number of nitrogens with zero attached hydrogens (tertiary/aromatic N) is 4. The molecule has 3 aromatic rings. The van der Waals surface area contributed by atoms with Crippen LogP contribution in [0.2, 0.25) is 0 Å². The Labute approximate surface area is 120 Å². The fraction of sp³-hybridized carbons (Fsp3) is 0.286. The van der Waals surface area contributed by atoms with Gasteiger partial charge in [0.1, 0.15) is 23.6 Å². The third kappa shape index (κ3) is 2.62. The molecule has 0 saturated heterocycles. The van der Waals surface area contributed by atoms with Gasteiger partial charge in [0.15, 0.2) is 0 Å². The lowest BCUT2D eigenvalue weighted by Crippen LogP contribution is -2.05. The van der Waals surface area contributed by atoms with Crippen LogP contribution in [0.15, 0.2) is 28.8 Å². The van der Waals surface area contributed by atoms with Crippen LogP contribution < -0.4 is 0 Å². The molecule has 0 saturated carbocycles. The maximum absolute atomic E-state index is 12.0. The molecule has 7 heteroatoms. The van der Waals surface area contributed by atoms with Gasteiger partial charge in [-0.2, -0.15) is 0 Å². The quantitative estimate of drug-likeness (QED) is 0.683. The summed E-state index contributed by atoms with van der Waals surface area (Å²) >= 11 is 0. The van der Waals surface area contributed by atoms with Gasteiger partial charge in [-0.1, -0.05) is 10.4 Å². The summed E-state index contributed by atoms with van der Waals surface area (Å²) in [4.78, 5) is 12.0. The predicted octanol–water partition coefficient (Wildman–Crippen LogP) is 2.10. The summed E-state index contributed by atoms with van der Waals surface area (Å²) in [7, 11) is 0. The molecular formula is C14H14N4O3. The highest BCUT2D eigenvalue weighted by Gasteiger charge is 2.12. The normalized spacial score (nSPS) is 11.0. The monoisotopic (exact) mass is 286 g/mol. The average molecular weight is 286 g/mol. The summed E-state index contributed by atoms with van der Waals surface area (Å²) in [6.07, 6.45) is 0. The van der Waals surface area contributed by atoms with Crippen molar-refractivity contribution in [1.29, 1.82) is 0 Å². The Kier molecular flexibility index (Phi) is 3.39. The van der Waals surface area contributed by atoms with E-state index in [4.69, 9.17) is 9.26 Å². The van der Waals surface area contributed by atoms with E-state index in [2.05, 4.69) is 15.5 Å². The van der Waals surface area contributed by atoms with Gasteiger partial charge in [-0.05, 0) is 32.0 Å². The van der Waals surface area contributed by atoms with Crippen LogP contribution in [0.3, 0.4) is 0 Å². The number of aryl methyl sites for hydroxylation is 2. The summed E-state index contributed by atoms with van der Waals surface area (Å²) < 4.78 is 11.9. The summed E-state index contributed by atoms with van der Waals surface area (Å²) in [5.41, 5.74) is 2.58. The number of ether oxygens (including phenoxy) is 1. The molecule has 7 nitrogen and oxygen atoms in total. The Morgan fingerprint density at radius 2 is 2.24 bits per heavy atom. The molecule has 0 amide bonds. The number of benzene rings is 1. The van der Waals surface area contributed by atoms with Gasteiger partial charge < -0.3 is 9.26 Å². The van der Waals surface area contributed by atoms with E-state index in [-0.39, 0.29) is 6.61 Å². The van der Waals surface area contributed by atoms with Crippen LogP contribution in [0.4, 0.5) is 0 Å². The fourth-order valence-corrected chi connectivity index (χ4v) is 2.04. The molecule has 0 atom stereocenters. The van der Waals surface area contributed by atoms with Crippen molar-refractivity contribution in [3.05, 3.63) is 41.3 Å². The van der Waals surface area contributed by atoms with Gasteiger partial charge in [0.05, 0.1) is 11.1 Å². The number of carbonyl (C=O) groups is 1. The van der Waals surface area contributed by atoms with Crippen molar-refractivity contribution in [3.63, 3.8) is 0 Å². The Hall–Kier alpha value is -2.70. The van der Waals surface area contributed by atoms with E-state index in [1.54, 1.807) is 29.8 Å². The number of carbonyl (C=O) groups excluding carboxylic acids is 1. The van der Waals surface area contributed by atoms with Gasteiger partial charge in [0, 0.05) is 12.6 Å². The number of hydrogen-bond donors (Lipinski definition) is 0. The zero-order valence-corrected chi connectivity index (χ0v) is 11.7. The van der Waals surface area contributed by atoms with E-state index < -0.39 is 5.97 Å². The van der Waals surface area contributed by atoms with Crippen molar-refractivity contribution < 1.29 is 14.1 Å². The number of aromatic nitrogens is 4. The second-order valence-electron chi connectivity index (χ2n) is 4.61. The first-order valence-corrected chi connectivity index (χ1v) is 6.60. The predicted molar refractivity (Wildman–Crippen MR) is 73.6 cm³/mol. The average Bonchev–Trinajstić information content (AvgIpc) is 3.09. The summed E-state index contributed by atoms with van der Waals surface area (Å²) in [5, 5.41) is 11.8. The zero-order chi connectivity index (χ0) is 14.8. The topological polar surface area (TPSA) is 83.0 Å². The molecule has 0 aliphatic rings. The minimum absolute atomic E-state index is 0.0792. The lowest BCUT2D eigenvalue weighted by molar-refractivity contribution is 0.0464. The molecule has 0 aliphatic heterocycles. The number of hydrogen-bond acceptors (Lipinski definition) is 6. The highest BCUT2D eigenvalue weighted by molar-refractivity contribution is 5.93. The van der Waals surface area contributed by atoms with Crippen LogP contribution in [0.25, 0.3) is 11.0 Å². The van der Waals surface area contributed by atoms with Crippen LogP contribution in [-0.4, -0.2) is 26.1 Å². The highest BCUT2D eigenvalue weighted by Crippen LogP contribution is 2.15. The molecule has 0 aliphatic carbocycles. The van der Waals surface area contributed by atoms with E-state index in [0.29, 0.717) is 22.5 Å². The molecule has 0 N–H and O–H groups in total. The number of esters is 1. The first kappa shape index (κ1) is 13.3. The standard InChI is InChI=1S/C14H14N4O3/c1-3-18-13-5-4-10(7-12(13)15-17-18)14(19)20-8-11-6-9(2)21-16-11/h4-7H,3,8H2,1-2H3. The second-order valence-corrected chi connectivity index (χ2v) is 4.61. The minimum Gasteiger partial charge on any atom is -0.455 e. The van der Waals surface area contributed by atoms with Crippen LogP contribution in [-0.2, 0) is 17.9 Å². The van der Waals surface area contributed by atoms with Crippen LogP contribution in [0.1, 0.15) is 28.7 Å². The SMILES string of the molecule is CCn1nnc2cc(C(=O)OCc3cc(C)on3)ccc21. The van der Waals surface area contributed by atoms with Crippen molar-refractivity contribution in [2.75, 3.05) is 0 Å². The molecule has 3 rings (SSSR count). The lowest BCUT2D eigenvalue weighted by Gasteiger charge is -2.02. The highest BCUT2D eigenvalue weighted by atomic mass is 16.5. The third-order valence-electron chi connectivity index (χ3n) is 3.08. The van der Waals surface area contributed by atoms with Crippen LogP contribution >= 0.6 is 0 Å². The molecule has 0 fully saturated rings. The van der Waals surface area contributed by atoms with Gasteiger partial charge in [-0.25, -0.2) is 9.48 Å². The molecular weight excluding hydrogens is 272 g/mol. The molecule has 108 valence electrons. The molecule has 0 radical (unpaired) electrons. The van der Waals surface area contributed by atoms with Crippen LogP contribution in [0, 0.1) is 6.92 Å². The van der Waals surface area contributed by atoms with E-state index in [0.717, 1.165) is 12.1 Å². The lowest BCUT2D eigenvalue weighted by atomic mass is 10.2. The van der Waals surface area contributed by atoms with Gasteiger partial charge in [-0.15, -0.1) is 5.10 Å². The van der Waals surface area contributed by atoms with Gasteiger partial charge in [0.2, 0.25) is 0 Å². The largest absolute Gasteiger partial charge is 0.455 e. The minimum atomic E-state index is -0.427. The molecule has 21 heavy (non-hydrogen) atoms. The van der Waals surface area contributed by atoms with Crippen molar-refractivity contribution in [2.24, 2.45) is 0 Å². The molecule has 2 aromatic heterocycles. The van der Waals surface area contributed by atoms with Gasteiger partial charge in [0.25, 0.3) is 0 Å². The molecule has 0 spiro atoms. The van der Waals surface area contributed by atoms with E-state index in [1.807, 2.05) is 13.0 Å². The zero-order valence-electron chi connectivity index (χ0n) is 11.7. The molecule has 0 bridgehead atoms. The van der Waals surface area contributed by atoms with Crippen LogP contribution in [0.5, 0.6) is 0 Å². The Bertz CT molecular complexity index is 790. The maximum Gasteiger partial charge on any atom is 0.338 e. The second kappa shape index (κ2) is 5.35. The molecule has 2 heterocycles. The Morgan fingerprint density at radius 1 is 1.38 bits per heavy atom. The van der Waals surface area contributed by atoms with E-state index >= 15 is 0 Å². The number of rotatable bonds is 4. The van der Waals surface area contributed by atoms with Crippen molar-refractivity contribution in [1.82, 2.24) is 20.2 Å². The Balaban J connectivity index is 1.75. The number of fused-ring (bicyclic) bond motifs is 1. The Morgan fingerprint density at radius 3 is 2.95 bits per heavy atom. The van der Waals surface area contributed by atoms with Gasteiger partial charge >= 0.3 is 5.97 Å². The van der Waals surface area contributed by atoms with Gasteiger partial charge in [-0.3, -0.25) is 0 Å². The third-order valence-corrected chi connectivity index (χ3v) is 3.08. The summed E-state index contributed by atoms with van der Waals surface area (Å²) in [6.45, 7) is 4.57. The van der Waals surface area contributed by atoms with E-state index in [1.165, 1.54) is 0 Å².